The molecule has 0 bridgehead atoms. The summed E-state index contributed by atoms with van der Waals surface area (Å²) in [5.74, 6) is -1.10. The van der Waals surface area contributed by atoms with Crippen molar-refractivity contribution in [2.45, 2.75) is 26.9 Å². The Hall–Kier alpha value is -2.63. The van der Waals surface area contributed by atoms with Crippen LogP contribution in [0.15, 0.2) is 30.3 Å². The summed E-state index contributed by atoms with van der Waals surface area (Å²) in [6, 6.07) is 8.33. The first-order chi connectivity index (χ1) is 9.95. The van der Waals surface area contributed by atoms with Crippen LogP contribution in [0.3, 0.4) is 0 Å². The normalized spacial score (nSPS) is 10.4. The summed E-state index contributed by atoms with van der Waals surface area (Å²) in [5.41, 5.74) is 2.90. The molecule has 21 heavy (non-hydrogen) atoms. The van der Waals surface area contributed by atoms with E-state index in [1.807, 2.05) is 19.9 Å². The first-order valence-corrected chi connectivity index (χ1v) is 6.55. The molecule has 2 aromatic rings. The maximum atomic E-state index is 11.9. The third-order valence-electron chi connectivity index (χ3n) is 3.09. The van der Waals surface area contributed by atoms with E-state index in [-0.39, 0.29) is 18.0 Å². The van der Waals surface area contributed by atoms with E-state index >= 15 is 0 Å². The van der Waals surface area contributed by atoms with Gasteiger partial charge in [-0.1, -0.05) is 12.1 Å². The number of nitrogens with one attached hydrogen (secondary N) is 1. The van der Waals surface area contributed by atoms with Gasteiger partial charge in [-0.25, -0.2) is 4.79 Å². The van der Waals surface area contributed by atoms with Crippen molar-refractivity contribution in [1.29, 1.82) is 0 Å². The summed E-state index contributed by atoms with van der Waals surface area (Å²) in [4.78, 5) is 22.6. The zero-order valence-electron chi connectivity index (χ0n) is 12.0. The van der Waals surface area contributed by atoms with Gasteiger partial charge in [-0.15, -0.1) is 0 Å². The molecule has 0 atom stereocenters. The van der Waals surface area contributed by atoms with Crippen molar-refractivity contribution in [1.82, 2.24) is 15.1 Å². The van der Waals surface area contributed by atoms with Gasteiger partial charge < -0.3 is 10.4 Å². The van der Waals surface area contributed by atoms with Gasteiger partial charge in [0.15, 0.2) is 0 Å². The summed E-state index contributed by atoms with van der Waals surface area (Å²) >= 11 is 0. The number of carboxylic acid groups (broad SMARTS) is 1. The van der Waals surface area contributed by atoms with Gasteiger partial charge in [0.05, 0.1) is 11.3 Å². The fourth-order valence-electron chi connectivity index (χ4n) is 1.99. The SMILES string of the molecule is Cc1cc(C)n(CC(=O)NCc2ccc(C(=O)O)cc2)n1. The molecule has 110 valence electrons. The highest BCUT2D eigenvalue weighted by atomic mass is 16.4. The van der Waals surface area contributed by atoms with Gasteiger partial charge in [0.2, 0.25) is 5.91 Å². The zero-order valence-corrected chi connectivity index (χ0v) is 12.0. The number of aromatic nitrogens is 2. The van der Waals surface area contributed by atoms with Crippen molar-refractivity contribution >= 4 is 11.9 Å². The Morgan fingerprint density at radius 2 is 1.90 bits per heavy atom. The smallest absolute Gasteiger partial charge is 0.335 e. The predicted molar refractivity (Wildman–Crippen MR) is 76.9 cm³/mol. The number of carboxylic acids is 1. The summed E-state index contributed by atoms with van der Waals surface area (Å²) < 4.78 is 1.65. The topological polar surface area (TPSA) is 84.2 Å². The third-order valence-corrected chi connectivity index (χ3v) is 3.09. The Morgan fingerprint density at radius 3 is 2.43 bits per heavy atom. The molecule has 1 aromatic carbocycles. The number of aromatic carboxylic acids is 1. The lowest BCUT2D eigenvalue weighted by molar-refractivity contribution is -0.122. The van der Waals surface area contributed by atoms with Crippen LogP contribution in [0.4, 0.5) is 0 Å². The lowest BCUT2D eigenvalue weighted by atomic mass is 10.1. The molecule has 6 nitrogen and oxygen atoms in total. The molecule has 1 amide bonds. The average Bonchev–Trinajstić information content (AvgIpc) is 2.75. The number of benzene rings is 1. The van der Waals surface area contributed by atoms with Crippen LogP contribution in [0.25, 0.3) is 0 Å². The van der Waals surface area contributed by atoms with E-state index in [4.69, 9.17) is 5.11 Å². The molecule has 2 rings (SSSR count). The number of hydrogen-bond acceptors (Lipinski definition) is 3. The Bertz CT molecular complexity index is 659. The number of amides is 1. The van der Waals surface area contributed by atoms with Crippen molar-refractivity contribution in [2.75, 3.05) is 0 Å². The molecule has 0 saturated carbocycles. The Morgan fingerprint density at radius 1 is 1.24 bits per heavy atom. The lowest BCUT2D eigenvalue weighted by Gasteiger charge is -2.07. The van der Waals surface area contributed by atoms with E-state index in [2.05, 4.69) is 10.4 Å². The Kier molecular flexibility index (Phi) is 4.37. The van der Waals surface area contributed by atoms with Gasteiger partial charge >= 0.3 is 5.97 Å². The molecular formula is C15H17N3O3. The molecule has 1 heterocycles. The fourth-order valence-corrected chi connectivity index (χ4v) is 1.99. The second kappa shape index (κ2) is 6.21. The molecule has 2 N–H and O–H groups in total. The van der Waals surface area contributed by atoms with Crippen molar-refractivity contribution in [3.8, 4) is 0 Å². The zero-order chi connectivity index (χ0) is 15.4. The molecule has 1 aromatic heterocycles. The standard InChI is InChI=1S/C15H17N3O3/c1-10-7-11(2)18(17-10)9-14(19)16-8-12-3-5-13(6-4-12)15(20)21/h3-7H,8-9H2,1-2H3,(H,16,19)(H,20,21). The molecular weight excluding hydrogens is 270 g/mol. The van der Waals surface area contributed by atoms with Gasteiger partial charge in [0, 0.05) is 12.2 Å². The number of carbonyl (C=O) groups excluding carboxylic acids is 1. The molecule has 0 saturated heterocycles. The highest BCUT2D eigenvalue weighted by Gasteiger charge is 2.07. The number of aryl methyl sites for hydroxylation is 2. The van der Waals surface area contributed by atoms with Gasteiger partial charge in [-0.2, -0.15) is 5.10 Å². The highest BCUT2D eigenvalue weighted by molar-refractivity contribution is 5.87. The highest BCUT2D eigenvalue weighted by Crippen LogP contribution is 2.05. The minimum absolute atomic E-state index is 0.136. The van der Waals surface area contributed by atoms with Crippen LogP contribution >= 0.6 is 0 Å². The molecule has 0 radical (unpaired) electrons. The average molecular weight is 287 g/mol. The molecule has 0 aliphatic rings. The molecule has 6 heteroatoms. The Balaban J connectivity index is 1.89. The van der Waals surface area contributed by atoms with Gasteiger partial charge in [-0.05, 0) is 37.6 Å². The van der Waals surface area contributed by atoms with Crippen LogP contribution in [0.1, 0.15) is 27.3 Å². The van der Waals surface area contributed by atoms with Crippen molar-refractivity contribution < 1.29 is 14.7 Å². The quantitative estimate of drug-likeness (QED) is 0.873. The van der Waals surface area contributed by atoms with Crippen LogP contribution in [-0.2, 0) is 17.9 Å². The predicted octanol–water partition coefficient (Wildman–Crippen LogP) is 1.51. The molecule has 0 aliphatic heterocycles. The van der Waals surface area contributed by atoms with Crippen LogP contribution < -0.4 is 5.32 Å². The summed E-state index contributed by atoms with van der Waals surface area (Å²) in [6.45, 7) is 4.31. The first kappa shape index (κ1) is 14.8. The number of carbonyl (C=O) groups is 2. The van der Waals surface area contributed by atoms with E-state index in [1.165, 1.54) is 12.1 Å². The van der Waals surface area contributed by atoms with Crippen LogP contribution in [-0.4, -0.2) is 26.8 Å². The van der Waals surface area contributed by atoms with Crippen LogP contribution in [0, 0.1) is 13.8 Å². The minimum atomic E-state index is -0.963. The van der Waals surface area contributed by atoms with Crippen molar-refractivity contribution in [3.63, 3.8) is 0 Å². The molecule has 0 unspecified atom stereocenters. The second-order valence-electron chi connectivity index (χ2n) is 4.86. The molecule has 0 spiro atoms. The minimum Gasteiger partial charge on any atom is -0.478 e. The number of hydrogen-bond donors (Lipinski definition) is 2. The van der Waals surface area contributed by atoms with E-state index < -0.39 is 5.97 Å². The van der Waals surface area contributed by atoms with Crippen molar-refractivity contribution in [3.05, 3.63) is 52.8 Å². The maximum Gasteiger partial charge on any atom is 0.335 e. The van der Waals surface area contributed by atoms with Gasteiger partial charge in [0.25, 0.3) is 0 Å². The first-order valence-electron chi connectivity index (χ1n) is 6.55. The van der Waals surface area contributed by atoms with E-state index in [0.29, 0.717) is 6.54 Å². The summed E-state index contributed by atoms with van der Waals surface area (Å²) in [7, 11) is 0. The molecule has 0 fully saturated rings. The summed E-state index contributed by atoms with van der Waals surface area (Å²) in [5, 5.41) is 15.8. The lowest BCUT2D eigenvalue weighted by Crippen LogP contribution is -2.28. The third kappa shape index (κ3) is 3.92. The number of nitrogens with zero attached hydrogens (tertiary/aromatic N) is 2. The second-order valence-corrected chi connectivity index (χ2v) is 4.86. The molecule has 0 aliphatic carbocycles. The number of rotatable bonds is 5. The van der Waals surface area contributed by atoms with Gasteiger partial charge in [-0.3, -0.25) is 9.48 Å². The maximum absolute atomic E-state index is 11.9. The van der Waals surface area contributed by atoms with Gasteiger partial charge in [0.1, 0.15) is 6.54 Å². The fraction of sp³-hybridized carbons (Fsp3) is 0.267. The van der Waals surface area contributed by atoms with Crippen molar-refractivity contribution in [2.24, 2.45) is 0 Å². The van der Waals surface area contributed by atoms with E-state index in [1.54, 1.807) is 16.8 Å². The monoisotopic (exact) mass is 287 g/mol. The van der Waals surface area contributed by atoms with Crippen LogP contribution in [0.2, 0.25) is 0 Å². The largest absolute Gasteiger partial charge is 0.478 e. The summed E-state index contributed by atoms with van der Waals surface area (Å²) in [6.07, 6.45) is 0. The van der Waals surface area contributed by atoms with E-state index in [9.17, 15) is 9.59 Å². The Labute approximate surface area is 122 Å². The van der Waals surface area contributed by atoms with E-state index in [0.717, 1.165) is 17.0 Å². The van der Waals surface area contributed by atoms with Crippen LogP contribution in [0.5, 0.6) is 0 Å².